The molecule has 1 aliphatic carbocycles. The highest BCUT2D eigenvalue weighted by molar-refractivity contribution is 8.00. The van der Waals surface area contributed by atoms with Gasteiger partial charge in [-0.25, -0.2) is 13.4 Å². The SMILES string of the molecule is CCn1c(S[C@H](C(=O)NC2CC2)c2ccccc2)nc2cc(S(=O)(=O)N3CCCCC3)ccc21. The van der Waals surface area contributed by atoms with E-state index in [1.54, 1.807) is 16.4 Å². The lowest BCUT2D eigenvalue weighted by Crippen LogP contribution is -2.35. The van der Waals surface area contributed by atoms with Crippen molar-refractivity contribution in [1.29, 1.82) is 0 Å². The molecule has 7 nitrogen and oxygen atoms in total. The van der Waals surface area contributed by atoms with E-state index in [4.69, 9.17) is 4.98 Å². The molecular formula is C25H30N4O3S2. The van der Waals surface area contributed by atoms with Crippen LogP contribution in [-0.2, 0) is 21.4 Å². The summed E-state index contributed by atoms with van der Waals surface area (Å²) in [5.74, 6) is -0.0122. The number of rotatable bonds is 8. The Morgan fingerprint density at radius 1 is 1.12 bits per heavy atom. The van der Waals surface area contributed by atoms with E-state index in [9.17, 15) is 13.2 Å². The number of hydrogen-bond acceptors (Lipinski definition) is 5. The number of benzene rings is 2. The molecule has 2 fully saturated rings. The summed E-state index contributed by atoms with van der Waals surface area (Å²) >= 11 is 1.42. The molecule has 2 aromatic carbocycles. The van der Waals surface area contributed by atoms with Gasteiger partial charge >= 0.3 is 0 Å². The number of hydrogen-bond donors (Lipinski definition) is 1. The van der Waals surface area contributed by atoms with E-state index in [0.717, 1.165) is 43.2 Å². The third-order valence-electron chi connectivity index (χ3n) is 6.44. The zero-order chi connectivity index (χ0) is 23.7. The lowest BCUT2D eigenvalue weighted by atomic mass is 10.1. The van der Waals surface area contributed by atoms with E-state index in [0.29, 0.717) is 30.3 Å². The highest BCUT2D eigenvalue weighted by Crippen LogP contribution is 2.38. The summed E-state index contributed by atoms with van der Waals surface area (Å²) in [6.45, 7) is 3.84. The molecule has 1 saturated carbocycles. The number of imidazole rings is 1. The average Bonchev–Trinajstić information content (AvgIpc) is 3.61. The number of aryl methyl sites for hydroxylation is 1. The minimum atomic E-state index is -3.54. The maximum Gasteiger partial charge on any atom is 0.243 e. The monoisotopic (exact) mass is 498 g/mol. The van der Waals surface area contributed by atoms with E-state index >= 15 is 0 Å². The molecule has 180 valence electrons. The van der Waals surface area contributed by atoms with Crippen LogP contribution in [0.1, 0.15) is 49.8 Å². The van der Waals surface area contributed by atoms with Crippen LogP contribution in [0.25, 0.3) is 11.0 Å². The Kier molecular flexibility index (Phi) is 6.68. The quantitative estimate of drug-likeness (QED) is 0.467. The van der Waals surface area contributed by atoms with Crippen molar-refractivity contribution >= 4 is 38.7 Å². The Labute approximate surface area is 205 Å². The third kappa shape index (κ3) is 4.74. The van der Waals surface area contributed by atoms with Gasteiger partial charge in [-0.2, -0.15) is 4.31 Å². The Balaban J connectivity index is 1.49. The molecule has 5 rings (SSSR count). The molecule has 2 aliphatic rings. The minimum absolute atomic E-state index is 0.0122. The summed E-state index contributed by atoms with van der Waals surface area (Å²) in [4.78, 5) is 18.2. The molecule has 0 unspecified atom stereocenters. The molecule has 1 aromatic heterocycles. The van der Waals surface area contributed by atoms with Crippen LogP contribution < -0.4 is 5.32 Å². The van der Waals surface area contributed by atoms with Crippen molar-refractivity contribution in [3.05, 3.63) is 54.1 Å². The van der Waals surface area contributed by atoms with Gasteiger partial charge in [-0.3, -0.25) is 4.79 Å². The number of nitrogens with zero attached hydrogens (tertiary/aromatic N) is 3. The second kappa shape index (κ2) is 9.71. The van der Waals surface area contributed by atoms with Gasteiger partial charge in [0.2, 0.25) is 15.9 Å². The number of thioether (sulfide) groups is 1. The van der Waals surface area contributed by atoms with Crippen molar-refractivity contribution < 1.29 is 13.2 Å². The summed E-state index contributed by atoms with van der Waals surface area (Å²) < 4.78 is 30.0. The fraction of sp³-hybridized carbons (Fsp3) is 0.440. The number of piperidine rings is 1. The summed E-state index contributed by atoms with van der Waals surface area (Å²) in [5.41, 5.74) is 2.43. The summed E-state index contributed by atoms with van der Waals surface area (Å²) in [6, 6.07) is 15.2. The van der Waals surface area contributed by atoms with Crippen LogP contribution in [0.2, 0.25) is 0 Å². The zero-order valence-electron chi connectivity index (χ0n) is 19.3. The molecular weight excluding hydrogens is 468 g/mol. The molecule has 1 N–H and O–H groups in total. The molecule has 0 radical (unpaired) electrons. The Bertz CT molecular complexity index is 1280. The van der Waals surface area contributed by atoms with Gasteiger partial charge in [0.15, 0.2) is 5.16 Å². The maximum absolute atomic E-state index is 13.2. The summed E-state index contributed by atoms with van der Waals surface area (Å²) in [6.07, 6.45) is 4.93. The smallest absolute Gasteiger partial charge is 0.243 e. The Hall–Kier alpha value is -2.36. The molecule has 1 amide bonds. The number of sulfonamides is 1. The number of nitrogens with one attached hydrogen (secondary N) is 1. The molecule has 2 heterocycles. The zero-order valence-corrected chi connectivity index (χ0v) is 20.9. The van der Waals surface area contributed by atoms with Crippen LogP contribution >= 0.6 is 11.8 Å². The number of aromatic nitrogens is 2. The Morgan fingerprint density at radius 3 is 2.53 bits per heavy atom. The van der Waals surface area contributed by atoms with Crippen molar-refractivity contribution in [3.8, 4) is 0 Å². The topological polar surface area (TPSA) is 84.3 Å². The van der Waals surface area contributed by atoms with E-state index in [1.165, 1.54) is 11.8 Å². The highest BCUT2D eigenvalue weighted by atomic mass is 32.2. The van der Waals surface area contributed by atoms with Crippen molar-refractivity contribution in [1.82, 2.24) is 19.2 Å². The molecule has 0 spiro atoms. The lowest BCUT2D eigenvalue weighted by Gasteiger charge is -2.25. The number of fused-ring (bicyclic) bond motifs is 1. The maximum atomic E-state index is 13.2. The molecule has 0 bridgehead atoms. The minimum Gasteiger partial charge on any atom is -0.352 e. The lowest BCUT2D eigenvalue weighted by molar-refractivity contribution is -0.120. The average molecular weight is 499 g/mol. The van der Waals surface area contributed by atoms with Crippen LogP contribution in [-0.4, -0.2) is 47.3 Å². The fourth-order valence-electron chi connectivity index (χ4n) is 4.41. The van der Waals surface area contributed by atoms with Gasteiger partial charge in [0.25, 0.3) is 0 Å². The second-order valence-electron chi connectivity index (χ2n) is 8.95. The summed E-state index contributed by atoms with van der Waals surface area (Å²) in [7, 11) is -3.54. The van der Waals surface area contributed by atoms with Crippen molar-refractivity contribution in [2.24, 2.45) is 0 Å². The predicted octanol–water partition coefficient (Wildman–Crippen LogP) is 4.34. The van der Waals surface area contributed by atoms with Gasteiger partial charge in [-0.15, -0.1) is 0 Å². The molecule has 1 saturated heterocycles. The fourth-order valence-corrected chi connectivity index (χ4v) is 7.13. The first kappa shape index (κ1) is 23.4. The molecule has 1 atom stereocenters. The van der Waals surface area contributed by atoms with E-state index in [2.05, 4.69) is 9.88 Å². The second-order valence-corrected chi connectivity index (χ2v) is 12.0. The van der Waals surface area contributed by atoms with Crippen LogP contribution in [0, 0.1) is 0 Å². The summed E-state index contributed by atoms with van der Waals surface area (Å²) in [5, 5.41) is 3.41. The highest BCUT2D eigenvalue weighted by Gasteiger charge is 2.31. The normalized spacial score (nSPS) is 18.1. The first-order valence-corrected chi connectivity index (χ1v) is 14.3. The van der Waals surface area contributed by atoms with Gasteiger partial charge in [-0.05, 0) is 56.4 Å². The van der Waals surface area contributed by atoms with Gasteiger partial charge < -0.3 is 9.88 Å². The first-order chi connectivity index (χ1) is 16.5. The van der Waals surface area contributed by atoms with E-state index in [-0.39, 0.29) is 16.8 Å². The number of amides is 1. The predicted molar refractivity (Wildman–Crippen MR) is 134 cm³/mol. The van der Waals surface area contributed by atoms with Gasteiger partial charge in [0, 0.05) is 25.7 Å². The van der Waals surface area contributed by atoms with Crippen LogP contribution in [0.4, 0.5) is 0 Å². The van der Waals surface area contributed by atoms with E-state index in [1.807, 2.05) is 43.3 Å². The first-order valence-electron chi connectivity index (χ1n) is 12.0. The molecule has 3 aromatic rings. The van der Waals surface area contributed by atoms with Crippen LogP contribution in [0.15, 0.2) is 58.6 Å². The third-order valence-corrected chi connectivity index (χ3v) is 9.58. The van der Waals surface area contributed by atoms with Gasteiger partial charge in [0.05, 0.1) is 15.9 Å². The van der Waals surface area contributed by atoms with Crippen molar-refractivity contribution in [2.45, 2.75) is 66.9 Å². The Morgan fingerprint density at radius 2 is 1.85 bits per heavy atom. The van der Waals surface area contributed by atoms with Crippen molar-refractivity contribution in [3.63, 3.8) is 0 Å². The van der Waals surface area contributed by atoms with Crippen molar-refractivity contribution in [2.75, 3.05) is 13.1 Å². The largest absolute Gasteiger partial charge is 0.352 e. The van der Waals surface area contributed by atoms with Gasteiger partial charge in [-0.1, -0.05) is 48.5 Å². The molecule has 1 aliphatic heterocycles. The molecule has 9 heteroatoms. The standard InChI is InChI=1S/C25H30N4O3S2/c1-2-29-22-14-13-20(34(31,32)28-15-7-4-8-16-28)17-21(22)27-25(29)33-23(18-9-5-3-6-10-18)24(30)26-19-11-12-19/h3,5-6,9-10,13-14,17,19,23H,2,4,7-8,11-12,15-16H2,1H3,(H,26,30)/t23-/m0/s1. The number of carbonyl (C=O) groups excluding carboxylic acids is 1. The van der Waals surface area contributed by atoms with E-state index < -0.39 is 15.3 Å². The molecule has 34 heavy (non-hydrogen) atoms. The van der Waals surface area contributed by atoms with Crippen LogP contribution in [0.3, 0.4) is 0 Å². The van der Waals surface area contributed by atoms with Crippen LogP contribution in [0.5, 0.6) is 0 Å². The number of carbonyl (C=O) groups is 1. The van der Waals surface area contributed by atoms with Gasteiger partial charge in [0.1, 0.15) is 5.25 Å².